The molecule has 3 aromatic heterocycles. The number of rotatable bonds is 6. The fourth-order valence-corrected chi connectivity index (χ4v) is 6.40. The molecule has 0 saturated carbocycles. The summed E-state index contributed by atoms with van der Waals surface area (Å²) >= 11 is 1.17. The lowest BCUT2D eigenvalue weighted by atomic mass is 10.1. The van der Waals surface area contributed by atoms with Crippen molar-refractivity contribution in [1.82, 2.24) is 24.0 Å². The summed E-state index contributed by atoms with van der Waals surface area (Å²) in [6.45, 7) is 0.791. The molecule has 0 unspecified atom stereocenters. The van der Waals surface area contributed by atoms with E-state index in [9.17, 15) is 17.6 Å². The Hall–Kier alpha value is -3.28. The second-order valence-corrected chi connectivity index (χ2v) is 10.8. The van der Waals surface area contributed by atoms with Gasteiger partial charge < -0.3 is 9.47 Å². The molecule has 0 aliphatic carbocycles. The van der Waals surface area contributed by atoms with Crippen LogP contribution in [0.25, 0.3) is 11.5 Å². The lowest BCUT2D eigenvalue weighted by Gasteiger charge is -2.32. The van der Waals surface area contributed by atoms with E-state index in [0.717, 1.165) is 0 Å². The standard InChI is InChI=1S/C23H22FN5O3S2/c24-19-6-1-2-7-20(19)29-22(27-11-3-4-12-27)18(16-25-29)23(30)28-13-9-17(10-14-28)26-34(31,32)21-8-5-15-33-21/h1-8,11-12,15-17,26H,9-10,13-14H2. The minimum absolute atomic E-state index is 0.231. The average molecular weight is 500 g/mol. The van der Waals surface area contributed by atoms with Crippen LogP contribution in [0.15, 0.2) is 76.7 Å². The third-order valence-corrected chi connectivity index (χ3v) is 8.69. The van der Waals surface area contributed by atoms with Crippen molar-refractivity contribution in [3.05, 3.63) is 83.9 Å². The Balaban J connectivity index is 1.36. The summed E-state index contributed by atoms with van der Waals surface area (Å²) in [6, 6.07) is 12.9. The summed E-state index contributed by atoms with van der Waals surface area (Å²) < 4.78 is 45.7. The second kappa shape index (κ2) is 9.16. The summed E-state index contributed by atoms with van der Waals surface area (Å²) in [6.07, 6.45) is 6.00. The maximum Gasteiger partial charge on any atom is 0.259 e. The van der Waals surface area contributed by atoms with Crippen molar-refractivity contribution in [2.75, 3.05) is 13.1 Å². The van der Waals surface area contributed by atoms with E-state index in [1.807, 2.05) is 12.1 Å². The summed E-state index contributed by atoms with van der Waals surface area (Å²) in [7, 11) is -3.56. The molecule has 0 radical (unpaired) electrons. The van der Waals surface area contributed by atoms with Crippen LogP contribution in [0.2, 0.25) is 0 Å². The van der Waals surface area contributed by atoms with Crippen molar-refractivity contribution < 1.29 is 17.6 Å². The molecule has 0 bridgehead atoms. The highest BCUT2D eigenvalue weighted by Gasteiger charge is 2.30. The zero-order chi connectivity index (χ0) is 23.7. The topological polar surface area (TPSA) is 89.2 Å². The molecule has 11 heteroatoms. The van der Waals surface area contributed by atoms with Gasteiger partial charge in [-0.3, -0.25) is 4.79 Å². The fourth-order valence-electron chi connectivity index (χ4n) is 4.08. The highest BCUT2D eigenvalue weighted by Crippen LogP contribution is 2.25. The molecule has 1 N–H and O–H groups in total. The number of nitrogens with one attached hydrogen (secondary N) is 1. The highest BCUT2D eigenvalue weighted by molar-refractivity contribution is 7.91. The molecule has 0 spiro atoms. The van der Waals surface area contributed by atoms with Gasteiger partial charge in [-0.25, -0.2) is 22.2 Å². The Bertz CT molecular complexity index is 1390. The van der Waals surface area contributed by atoms with Crippen molar-refractivity contribution in [1.29, 1.82) is 0 Å². The number of thiophene rings is 1. The molecule has 1 aliphatic heterocycles. The Morgan fingerprint density at radius 2 is 1.79 bits per heavy atom. The maximum absolute atomic E-state index is 14.5. The number of nitrogens with zero attached hydrogens (tertiary/aromatic N) is 4. The van der Waals surface area contributed by atoms with Gasteiger partial charge in [0.2, 0.25) is 10.0 Å². The SMILES string of the molecule is O=C(c1cnn(-c2ccccc2F)c1-n1cccc1)N1CCC(NS(=O)(=O)c2cccs2)CC1. The van der Waals surface area contributed by atoms with E-state index in [-0.39, 0.29) is 21.8 Å². The number of hydrogen-bond donors (Lipinski definition) is 1. The van der Waals surface area contributed by atoms with Crippen LogP contribution in [0.3, 0.4) is 0 Å². The number of amides is 1. The lowest BCUT2D eigenvalue weighted by Crippen LogP contribution is -2.46. The van der Waals surface area contributed by atoms with Gasteiger partial charge in [0.1, 0.15) is 21.3 Å². The Kier molecular flexibility index (Phi) is 6.07. The van der Waals surface area contributed by atoms with Crippen LogP contribution in [0.5, 0.6) is 0 Å². The summed E-state index contributed by atoms with van der Waals surface area (Å²) in [5.41, 5.74) is 0.587. The van der Waals surface area contributed by atoms with Crippen LogP contribution in [-0.2, 0) is 10.0 Å². The van der Waals surface area contributed by atoms with Crippen LogP contribution in [0.1, 0.15) is 23.2 Å². The predicted octanol–water partition coefficient (Wildman–Crippen LogP) is 3.45. The summed E-state index contributed by atoms with van der Waals surface area (Å²) in [5, 5.41) is 6.05. The Labute approximate surface area is 200 Å². The van der Waals surface area contributed by atoms with Crippen molar-refractivity contribution >= 4 is 27.3 Å². The molecule has 4 heterocycles. The summed E-state index contributed by atoms with van der Waals surface area (Å²) in [5.74, 6) is -0.233. The van der Waals surface area contributed by atoms with E-state index < -0.39 is 15.8 Å². The van der Waals surface area contributed by atoms with Crippen LogP contribution in [0.4, 0.5) is 4.39 Å². The van der Waals surface area contributed by atoms with Gasteiger partial charge in [0.25, 0.3) is 5.91 Å². The minimum atomic E-state index is -3.56. The number of para-hydroxylation sites is 1. The number of piperidine rings is 1. The average Bonchev–Trinajstić information content (AvgIpc) is 3.61. The van der Waals surface area contributed by atoms with Gasteiger partial charge in [-0.05, 0) is 48.6 Å². The van der Waals surface area contributed by atoms with Crippen molar-refractivity contribution in [3.8, 4) is 11.5 Å². The largest absolute Gasteiger partial charge is 0.338 e. The summed E-state index contributed by atoms with van der Waals surface area (Å²) in [4.78, 5) is 15.1. The molecule has 1 fully saturated rings. The number of halogens is 1. The van der Waals surface area contributed by atoms with Gasteiger partial charge in [-0.2, -0.15) is 5.10 Å². The van der Waals surface area contributed by atoms with Crippen LogP contribution < -0.4 is 4.72 Å². The molecular formula is C23H22FN5O3S2. The number of carbonyl (C=O) groups is 1. The van der Waals surface area contributed by atoms with Crippen LogP contribution >= 0.6 is 11.3 Å². The number of carbonyl (C=O) groups excluding carboxylic acids is 1. The third-order valence-electron chi connectivity index (χ3n) is 5.77. The number of hydrogen-bond acceptors (Lipinski definition) is 5. The van der Waals surface area contributed by atoms with Gasteiger partial charge in [0, 0.05) is 31.5 Å². The number of sulfonamides is 1. The van der Waals surface area contributed by atoms with E-state index in [0.29, 0.717) is 37.3 Å². The molecule has 0 atom stereocenters. The highest BCUT2D eigenvalue weighted by atomic mass is 32.2. The van der Waals surface area contributed by atoms with Crippen molar-refractivity contribution in [2.24, 2.45) is 0 Å². The zero-order valence-electron chi connectivity index (χ0n) is 18.0. The van der Waals surface area contributed by atoms with E-state index >= 15 is 0 Å². The first-order chi connectivity index (χ1) is 16.4. The smallest absolute Gasteiger partial charge is 0.259 e. The van der Waals surface area contributed by atoms with Crippen molar-refractivity contribution in [3.63, 3.8) is 0 Å². The van der Waals surface area contributed by atoms with Crippen LogP contribution in [-0.4, -0.2) is 52.7 Å². The molecule has 4 aromatic rings. The first-order valence-corrected chi connectivity index (χ1v) is 13.1. The van der Waals surface area contributed by atoms with Crippen molar-refractivity contribution in [2.45, 2.75) is 23.1 Å². The predicted molar refractivity (Wildman–Crippen MR) is 126 cm³/mol. The van der Waals surface area contributed by atoms with E-state index in [4.69, 9.17) is 0 Å². The molecule has 8 nitrogen and oxygen atoms in total. The maximum atomic E-state index is 14.5. The molecule has 1 amide bonds. The number of likely N-dealkylation sites (tertiary alicyclic amines) is 1. The zero-order valence-corrected chi connectivity index (χ0v) is 19.7. The molecule has 1 saturated heterocycles. The van der Waals surface area contributed by atoms with Crippen LogP contribution in [0, 0.1) is 5.82 Å². The number of aromatic nitrogens is 3. The van der Waals surface area contributed by atoms with E-state index in [2.05, 4.69) is 9.82 Å². The second-order valence-electron chi connectivity index (χ2n) is 7.96. The van der Waals surface area contributed by atoms with E-state index in [1.165, 1.54) is 28.3 Å². The molecule has 176 valence electrons. The molecule has 34 heavy (non-hydrogen) atoms. The molecule has 5 rings (SSSR count). The normalized spacial score (nSPS) is 15.0. The van der Waals surface area contributed by atoms with Gasteiger partial charge in [0.15, 0.2) is 5.82 Å². The third kappa shape index (κ3) is 4.29. The number of benzene rings is 1. The van der Waals surface area contributed by atoms with E-state index in [1.54, 1.807) is 57.6 Å². The quantitative estimate of drug-likeness (QED) is 0.440. The monoisotopic (exact) mass is 499 g/mol. The minimum Gasteiger partial charge on any atom is -0.338 e. The first kappa shape index (κ1) is 22.5. The van der Waals surface area contributed by atoms with Gasteiger partial charge in [-0.15, -0.1) is 11.3 Å². The fraction of sp³-hybridized carbons (Fsp3) is 0.217. The molecule has 1 aromatic carbocycles. The Morgan fingerprint density at radius 1 is 1.06 bits per heavy atom. The van der Waals surface area contributed by atoms with Gasteiger partial charge in [0.05, 0.1) is 6.20 Å². The van der Waals surface area contributed by atoms with Gasteiger partial charge >= 0.3 is 0 Å². The van der Waals surface area contributed by atoms with Gasteiger partial charge in [-0.1, -0.05) is 18.2 Å². The Morgan fingerprint density at radius 3 is 2.47 bits per heavy atom. The lowest BCUT2D eigenvalue weighted by molar-refractivity contribution is 0.0711. The first-order valence-electron chi connectivity index (χ1n) is 10.8. The molecule has 1 aliphatic rings. The molecular weight excluding hydrogens is 477 g/mol.